The van der Waals surface area contributed by atoms with E-state index in [9.17, 15) is 0 Å². The number of nitriles is 1. The monoisotopic (exact) mass is 425 g/mol. The van der Waals surface area contributed by atoms with E-state index >= 15 is 0 Å². The molecule has 0 aliphatic carbocycles. The van der Waals surface area contributed by atoms with Crippen molar-refractivity contribution < 1.29 is 9.47 Å². The van der Waals surface area contributed by atoms with Crippen molar-refractivity contribution in [1.82, 2.24) is 10.2 Å². The molecule has 0 saturated carbocycles. The van der Waals surface area contributed by atoms with Crippen LogP contribution in [0.4, 0.5) is 0 Å². The van der Waals surface area contributed by atoms with Crippen LogP contribution in [0.5, 0.6) is 11.5 Å². The summed E-state index contributed by atoms with van der Waals surface area (Å²) >= 11 is 0. The van der Waals surface area contributed by atoms with Crippen molar-refractivity contribution in [2.45, 2.75) is 24.5 Å². The molecular weight excluding hydrogens is 398 g/mol. The van der Waals surface area contributed by atoms with Crippen LogP contribution in [0.2, 0.25) is 0 Å². The molecule has 3 aromatic rings. The van der Waals surface area contributed by atoms with Gasteiger partial charge in [-0.3, -0.25) is 4.90 Å². The lowest BCUT2D eigenvalue weighted by atomic mass is 9.74. The third-order valence-electron chi connectivity index (χ3n) is 6.67. The Bertz CT molecular complexity index is 1100. The number of piperazine rings is 1. The van der Waals surface area contributed by atoms with Crippen molar-refractivity contribution in [3.63, 3.8) is 0 Å². The van der Waals surface area contributed by atoms with Gasteiger partial charge in [-0.2, -0.15) is 5.26 Å². The average molecular weight is 426 g/mol. The number of rotatable bonds is 6. The number of benzene rings is 3. The van der Waals surface area contributed by atoms with Crippen LogP contribution in [-0.2, 0) is 6.54 Å². The van der Waals surface area contributed by atoms with Gasteiger partial charge in [0.05, 0.1) is 25.9 Å². The van der Waals surface area contributed by atoms with Crippen LogP contribution < -0.4 is 14.8 Å². The predicted molar refractivity (Wildman–Crippen MR) is 125 cm³/mol. The normalized spacial score (nSPS) is 22.0. The van der Waals surface area contributed by atoms with Gasteiger partial charge in [-0.1, -0.05) is 36.4 Å². The molecule has 5 nitrogen and oxygen atoms in total. The second kappa shape index (κ2) is 8.66. The van der Waals surface area contributed by atoms with Gasteiger partial charge in [-0.25, -0.2) is 0 Å². The minimum absolute atomic E-state index is 0.474. The molecule has 0 amide bonds. The van der Waals surface area contributed by atoms with E-state index in [1.807, 2.05) is 30.3 Å². The van der Waals surface area contributed by atoms with Gasteiger partial charge in [0.25, 0.3) is 0 Å². The Morgan fingerprint density at radius 3 is 1.97 bits per heavy atom. The molecule has 6 rings (SSSR count). The van der Waals surface area contributed by atoms with Crippen LogP contribution >= 0.6 is 0 Å². The summed E-state index contributed by atoms with van der Waals surface area (Å²) in [5, 5.41) is 12.7. The number of ether oxygens (including phenoxy) is 2. The summed E-state index contributed by atoms with van der Waals surface area (Å²) in [6.07, 6.45) is 0. The first-order chi connectivity index (χ1) is 15.7. The van der Waals surface area contributed by atoms with Gasteiger partial charge in [0.1, 0.15) is 11.5 Å². The first kappa shape index (κ1) is 20.6. The Kier molecular flexibility index (Phi) is 5.57. The van der Waals surface area contributed by atoms with Crippen LogP contribution in [-0.4, -0.2) is 44.3 Å². The Morgan fingerprint density at radius 2 is 1.44 bits per heavy atom. The van der Waals surface area contributed by atoms with E-state index in [-0.39, 0.29) is 0 Å². The smallest absolute Gasteiger partial charge is 0.122 e. The number of nitrogens with one attached hydrogen (secondary N) is 1. The number of nitrogens with zero attached hydrogens (tertiary/aromatic N) is 2. The van der Waals surface area contributed by atoms with Crippen LogP contribution in [0.25, 0.3) is 11.1 Å². The summed E-state index contributed by atoms with van der Waals surface area (Å²) in [6, 6.07) is 25.9. The summed E-state index contributed by atoms with van der Waals surface area (Å²) < 4.78 is 10.8. The zero-order valence-corrected chi connectivity index (χ0v) is 18.4. The topological polar surface area (TPSA) is 57.5 Å². The zero-order valence-electron chi connectivity index (χ0n) is 18.4. The molecule has 3 aliphatic heterocycles. The van der Waals surface area contributed by atoms with Crippen molar-refractivity contribution >= 4 is 0 Å². The average Bonchev–Trinajstić information content (AvgIpc) is 2.84. The third-order valence-corrected chi connectivity index (χ3v) is 6.67. The molecule has 162 valence electrons. The second-order valence-corrected chi connectivity index (χ2v) is 8.63. The van der Waals surface area contributed by atoms with Gasteiger partial charge in [0.2, 0.25) is 0 Å². The molecule has 3 atom stereocenters. The molecule has 2 bridgehead atoms. The van der Waals surface area contributed by atoms with Crippen molar-refractivity contribution in [2.75, 3.05) is 27.3 Å². The molecule has 3 aliphatic rings. The number of fused-ring (bicyclic) bond motifs is 2. The Labute approximate surface area is 189 Å². The molecule has 3 fully saturated rings. The predicted octanol–water partition coefficient (Wildman–Crippen LogP) is 4.18. The molecule has 0 aromatic heterocycles. The van der Waals surface area contributed by atoms with Gasteiger partial charge >= 0.3 is 0 Å². The molecule has 3 heterocycles. The molecule has 1 unspecified atom stereocenters. The molecule has 1 N–H and O–H groups in total. The largest absolute Gasteiger partial charge is 0.497 e. The number of hydrogen-bond acceptors (Lipinski definition) is 5. The molecule has 0 radical (unpaired) electrons. The number of methoxy groups -OCH3 is 2. The fourth-order valence-corrected chi connectivity index (χ4v) is 5.05. The van der Waals surface area contributed by atoms with Gasteiger partial charge in [-0.05, 0) is 46.5 Å². The van der Waals surface area contributed by atoms with E-state index in [1.165, 1.54) is 16.7 Å². The highest BCUT2D eigenvalue weighted by atomic mass is 16.5. The van der Waals surface area contributed by atoms with Crippen LogP contribution in [0.3, 0.4) is 0 Å². The summed E-state index contributed by atoms with van der Waals surface area (Å²) in [5.41, 5.74) is 5.63. The quantitative estimate of drug-likeness (QED) is 0.642. The summed E-state index contributed by atoms with van der Waals surface area (Å²) in [5.74, 6) is 2.22. The van der Waals surface area contributed by atoms with Crippen LogP contribution in [0.15, 0.2) is 66.7 Å². The maximum atomic E-state index is 8.99. The molecule has 0 spiro atoms. The molecule has 3 saturated heterocycles. The lowest BCUT2D eigenvalue weighted by Crippen LogP contribution is -2.71. The zero-order chi connectivity index (χ0) is 22.1. The van der Waals surface area contributed by atoms with Crippen LogP contribution in [0, 0.1) is 11.3 Å². The Hall–Kier alpha value is -3.33. The standard InChI is InChI=1S/C27H27N3O2/c1-31-23-11-19(12-24(13-23)32-2)15-30-16-25-27(26(17-30)29-25)22-9-7-21(8-10-22)20-5-3-18(14-28)4-6-20/h3-13,25-27,29H,15-17H2,1-2H3/t25-,26+,27?. The number of hydrogen-bond donors (Lipinski definition) is 1. The minimum atomic E-state index is 0.474. The van der Waals surface area contributed by atoms with E-state index in [0.717, 1.165) is 36.7 Å². The molecular formula is C27H27N3O2. The fraction of sp³-hybridized carbons (Fsp3) is 0.296. The van der Waals surface area contributed by atoms with Crippen molar-refractivity contribution in [3.05, 3.63) is 83.4 Å². The third kappa shape index (κ3) is 3.95. The highest BCUT2D eigenvalue weighted by Crippen LogP contribution is 2.38. The van der Waals surface area contributed by atoms with Crippen LogP contribution in [0.1, 0.15) is 22.6 Å². The van der Waals surface area contributed by atoms with Crippen molar-refractivity contribution in [1.29, 1.82) is 5.26 Å². The van der Waals surface area contributed by atoms with Gasteiger partial charge in [-0.15, -0.1) is 0 Å². The number of piperidine rings is 1. The molecule has 5 heteroatoms. The van der Waals surface area contributed by atoms with Gasteiger partial charge in [0.15, 0.2) is 0 Å². The maximum Gasteiger partial charge on any atom is 0.122 e. The summed E-state index contributed by atoms with van der Waals surface area (Å²) in [4.78, 5) is 2.52. The first-order valence-corrected chi connectivity index (χ1v) is 11.0. The van der Waals surface area contributed by atoms with E-state index in [1.54, 1.807) is 14.2 Å². The second-order valence-electron chi connectivity index (χ2n) is 8.63. The first-order valence-electron chi connectivity index (χ1n) is 11.0. The molecule has 32 heavy (non-hydrogen) atoms. The molecule has 3 aromatic carbocycles. The summed E-state index contributed by atoms with van der Waals surface area (Å²) in [7, 11) is 3.38. The maximum absolute atomic E-state index is 8.99. The Morgan fingerprint density at radius 1 is 0.875 bits per heavy atom. The lowest BCUT2D eigenvalue weighted by Gasteiger charge is -2.55. The SMILES string of the molecule is COc1cc(CN2C[C@@H]3N[C@H](C2)C3c2ccc(-c3ccc(C#N)cc3)cc2)cc(OC)c1. The van der Waals surface area contributed by atoms with E-state index in [0.29, 0.717) is 23.6 Å². The van der Waals surface area contributed by atoms with Gasteiger partial charge < -0.3 is 14.8 Å². The Balaban J connectivity index is 1.24. The van der Waals surface area contributed by atoms with E-state index in [2.05, 4.69) is 52.7 Å². The van der Waals surface area contributed by atoms with Gasteiger partial charge in [0, 0.05) is 43.7 Å². The van der Waals surface area contributed by atoms with Crippen molar-refractivity contribution in [3.8, 4) is 28.7 Å². The van der Waals surface area contributed by atoms with E-state index < -0.39 is 0 Å². The highest BCUT2D eigenvalue weighted by Gasteiger charge is 2.46. The fourth-order valence-electron chi connectivity index (χ4n) is 5.05. The lowest BCUT2D eigenvalue weighted by molar-refractivity contribution is 0.0470. The van der Waals surface area contributed by atoms with Crippen molar-refractivity contribution in [2.24, 2.45) is 0 Å². The minimum Gasteiger partial charge on any atom is -0.497 e. The van der Waals surface area contributed by atoms with E-state index in [4.69, 9.17) is 14.7 Å². The highest BCUT2D eigenvalue weighted by molar-refractivity contribution is 5.64. The summed E-state index contributed by atoms with van der Waals surface area (Å²) in [6.45, 7) is 2.95.